The fraction of sp³-hybridized carbons (Fsp3) is 0.548. The normalized spacial score (nSPS) is 26.6. The number of anilines is 1. The van der Waals surface area contributed by atoms with E-state index in [0.29, 0.717) is 5.69 Å². The number of nitrogens with zero attached hydrogens (tertiary/aromatic N) is 3. The Morgan fingerprint density at radius 1 is 1.16 bits per heavy atom. The van der Waals surface area contributed by atoms with Crippen LogP contribution in [0.4, 0.5) is 14.9 Å². The Bertz CT molecular complexity index is 1160. The monoisotopic (exact) mass is 520 g/mol. The number of carbonyl (C=O) groups is 1. The van der Waals surface area contributed by atoms with Crippen molar-refractivity contribution in [2.75, 3.05) is 11.4 Å². The third kappa shape index (κ3) is 5.58. The highest BCUT2D eigenvalue weighted by Gasteiger charge is 2.54. The summed E-state index contributed by atoms with van der Waals surface area (Å²) in [6.07, 6.45) is 8.36. The Balaban J connectivity index is 1.41. The number of amidine groups is 1. The number of likely N-dealkylation sites (tertiary alicyclic amines) is 1. The lowest BCUT2D eigenvalue weighted by molar-refractivity contribution is 0.123. The van der Waals surface area contributed by atoms with Crippen molar-refractivity contribution in [1.29, 1.82) is 0 Å². The number of amides is 2. The number of nitrogens with one attached hydrogen (secondary N) is 1. The van der Waals surface area contributed by atoms with Crippen LogP contribution in [0.1, 0.15) is 77.7 Å². The Hall–Kier alpha value is -2.93. The van der Waals surface area contributed by atoms with Crippen LogP contribution in [-0.2, 0) is 6.54 Å². The van der Waals surface area contributed by atoms with Crippen LogP contribution in [0.2, 0.25) is 0 Å². The first-order valence-corrected chi connectivity index (χ1v) is 14.3. The smallest absolute Gasteiger partial charge is 0.328 e. The molecule has 3 fully saturated rings. The molecule has 38 heavy (non-hydrogen) atoms. The largest absolute Gasteiger partial charge is 0.491 e. The average Bonchev–Trinajstić information content (AvgIpc) is 3.16. The van der Waals surface area contributed by atoms with Crippen molar-refractivity contribution in [3.8, 4) is 5.75 Å². The van der Waals surface area contributed by atoms with Crippen LogP contribution in [0.5, 0.6) is 5.75 Å². The summed E-state index contributed by atoms with van der Waals surface area (Å²) in [5.74, 6) is 1.34. The number of urea groups is 1. The molecule has 2 saturated heterocycles. The second-order valence-electron chi connectivity index (χ2n) is 11.3. The van der Waals surface area contributed by atoms with E-state index in [9.17, 15) is 9.18 Å². The van der Waals surface area contributed by atoms with Crippen LogP contribution in [0, 0.1) is 5.82 Å². The number of hydrogen-bond acceptors (Lipinski definition) is 4. The summed E-state index contributed by atoms with van der Waals surface area (Å²) >= 11 is 0. The SMILES string of the molecule is CC[C@@H](C)Oc1cccc(CN2CC[C@@]3(C[C@@H]2C)C(=NC2CCCCC2)NC(=O)N3c2cccc(F)c2)c1. The van der Waals surface area contributed by atoms with Crippen LogP contribution in [0.3, 0.4) is 0 Å². The molecule has 0 unspecified atom stereocenters. The average molecular weight is 521 g/mol. The molecule has 3 aliphatic rings. The molecule has 2 heterocycles. The molecular formula is C31H41FN4O2. The Morgan fingerprint density at radius 3 is 2.68 bits per heavy atom. The van der Waals surface area contributed by atoms with E-state index in [-0.39, 0.29) is 30.0 Å². The number of hydrogen-bond donors (Lipinski definition) is 1. The van der Waals surface area contributed by atoms with E-state index in [1.165, 1.54) is 37.0 Å². The van der Waals surface area contributed by atoms with Crippen molar-refractivity contribution in [3.05, 3.63) is 59.9 Å². The minimum atomic E-state index is -0.597. The minimum absolute atomic E-state index is 0.183. The quantitative estimate of drug-likeness (QED) is 0.443. The van der Waals surface area contributed by atoms with Gasteiger partial charge >= 0.3 is 6.03 Å². The maximum atomic E-state index is 14.3. The molecule has 0 bridgehead atoms. The highest BCUT2D eigenvalue weighted by Crippen LogP contribution is 2.41. The summed E-state index contributed by atoms with van der Waals surface area (Å²) in [6.45, 7) is 8.06. The third-order valence-corrected chi connectivity index (χ3v) is 8.52. The fourth-order valence-electron chi connectivity index (χ4n) is 6.29. The highest BCUT2D eigenvalue weighted by atomic mass is 19.1. The van der Waals surface area contributed by atoms with Crippen molar-refractivity contribution in [2.45, 2.75) is 102 Å². The molecule has 6 nitrogen and oxygen atoms in total. The van der Waals surface area contributed by atoms with Gasteiger partial charge in [0.25, 0.3) is 0 Å². The molecule has 2 aromatic carbocycles. The van der Waals surface area contributed by atoms with Crippen molar-refractivity contribution in [1.82, 2.24) is 10.2 Å². The highest BCUT2D eigenvalue weighted by molar-refractivity contribution is 6.19. The number of halogens is 1. The molecule has 7 heteroatoms. The third-order valence-electron chi connectivity index (χ3n) is 8.52. The van der Waals surface area contributed by atoms with E-state index in [4.69, 9.17) is 9.73 Å². The molecule has 0 aromatic heterocycles. The van der Waals surface area contributed by atoms with E-state index in [2.05, 4.69) is 49.2 Å². The first-order chi connectivity index (χ1) is 18.4. The van der Waals surface area contributed by atoms with Crippen LogP contribution < -0.4 is 15.0 Å². The lowest BCUT2D eigenvalue weighted by atomic mass is 9.81. The van der Waals surface area contributed by atoms with Gasteiger partial charge in [0, 0.05) is 24.8 Å². The summed E-state index contributed by atoms with van der Waals surface area (Å²) < 4.78 is 20.3. The van der Waals surface area contributed by atoms with E-state index < -0.39 is 5.54 Å². The number of rotatable bonds is 7. The summed E-state index contributed by atoms with van der Waals surface area (Å²) in [7, 11) is 0. The molecule has 1 aliphatic carbocycles. The van der Waals surface area contributed by atoms with E-state index in [1.807, 2.05) is 12.1 Å². The lowest BCUT2D eigenvalue weighted by Crippen LogP contribution is -2.59. The van der Waals surface area contributed by atoms with Crippen LogP contribution in [0.15, 0.2) is 53.5 Å². The predicted molar refractivity (Wildman–Crippen MR) is 150 cm³/mol. The second-order valence-corrected chi connectivity index (χ2v) is 11.3. The molecule has 5 rings (SSSR count). The van der Waals surface area contributed by atoms with Gasteiger partial charge in [0.05, 0.1) is 12.1 Å². The van der Waals surface area contributed by atoms with Crippen molar-refractivity contribution in [2.24, 2.45) is 4.99 Å². The number of aliphatic imine (C=N–C) groups is 1. The van der Waals surface area contributed by atoms with Gasteiger partial charge in [-0.05, 0) is 81.8 Å². The zero-order chi connectivity index (χ0) is 26.7. The van der Waals surface area contributed by atoms with Gasteiger partial charge in [-0.2, -0.15) is 0 Å². The lowest BCUT2D eigenvalue weighted by Gasteiger charge is -2.47. The predicted octanol–water partition coefficient (Wildman–Crippen LogP) is 6.69. The number of benzene rings is 2. The molecule has 1 spiro atoms. The Morgan fingerprint density at radius 2 is 1.95 bits per heavy atom. The summed E-state index contributed by atoms with van der Waals surface area (Å²) in [4.78, 5) is 22.8. The maximum Gasteiger partial charge on any atom is 0.328 e. The molecule has 1 saturated carbocycles. The van der Waals surface area contributed by atoms with Gasteiger partial charge in [0.1, 0.15) is 22.9 Å². The van der Waals surface area contributed by atoms with Crippen LogP contribution in [0.25, 0.3) is 0 Å². The van der Waals surface area contributed by atoms with Gasteiger partial charge in [-0.25, -0.2) is 9.18 Å². The first-order valence-electron chi connectivity index (χ1n) is 14.3. The maximum absolute atomic E-state index is 14.3. The van der Waals surface area contributed by atoms with Crippen LogP contribution in [-0.4, -0.2) is 47.0 Å². The van der Waals surface area contributed by atoms with E-state index in [1.54, 1.807) is 11.0 Å². The molecule has 204 valence electrons. The van der Waals surface area contributed by atoms with Gasteiger partial charge in [0.2, 0.25) is 0 Å². The van der Waals surface area contributed by atoms with Gasteiger partial charge in [-0.1, -0.05) is 44.4 Å². The molecule has 2 aliphatic heterocycles. The molecule has 3 atom stereocenters. The Kier molecular flexibility index (Phi) is 8.03. The fourth-order valence-corrected chi connectivity index (χ4v) is 6.29. The van der Waals surface area contributed by atoms with Crippen LogP contribution >= 0.6 is 0 Å². The topological polar surface area (TPSA) is 57.2 Å². The van der Waals surface area contributed by atoms with Gasteiger partial charge < -0.3 is 4.74 Å². The summed E-state index contributed by atoms with van der Waals surface area (Å²) in [5, 5.41) is 3.13. The molecule has 1 N–H and O–H groups in total. The molecule has 2 amide bonds. The second kappa shape index (κ2) is 11.4. The van der Waals surface area contributed by atoms with E-state index in [0.717, 1.165) is 56.8 Å². The zero-order valence-electron chi connectivity index (χ0n) is 23.0. The van der Waals surface area contributed by atoms with Crippen molar-refractivity contribution < 1.29 is 13.9 Å². The van der Waals surface area contributed by atoms with E-state index >= 15 is 0 Å². The van der Waals surface area contributed by atoms with Crippen molar-refractivity contribution >= 4 is 17.6 Å². The summed E-state index contributed by atoms with van der Waals surface area (Å²) in [6, 6.07) is 15.0. The summed E-state index contributed by atoms with van der Waals surface area (Å²) in [5.41, 5.74) is 1.21. The van der Waals surface area contributed by atoms with Gasteiger partial charge in [0.15, 0.2) is 0 Å². The van der Waals surface area contributed by atoms with Crippen molar-refractivity contribution in [3.63, 3.8) is 0 Å². The molecule has 0 radical (unpaired) electrons. The minimum Gasteiger partial charge on any atom is -0.491 e. The zero-order valence-corrected chi connectivity index (χ0v) is 23.0. The van der Waals surface area contributed by atoms with Gasteiger partial charge in [-0.3, -0.25) is 20.1 Å². The standard InChI is InChI=1S/C31H41FN4O2/c1-4-23(3)38-28-15-8-10-24(18-28)21-35-17-16-31(20-22(35)2)29(33-26-12-6-5-7-13-26)34-30(37)36(31)27-14-9-11-25(32)19-27/h8-11,14-15,18-19,22-23,26H,4-7,12-13,16-17,20-21H2,1-3H3,(H,33,34,37)/t22-,23+,31+/m0/s1. The number of piperidine rings is 1. The first kappa shape index (κ1) is 26.7. The number of ether oxygens (including phenoxy) is 1. The molecular weight excluding hydrogens is 479 g/mol. The molecule has 2 aromatic rings. The van der Waals surface area contributed by atoms with Gasteiger partial charge in [-0.15, -0.1) is 0 Å². The number of carbonyl (C=O) groups excluding carboxylic acids is 1. The Labute approximate surface area is 226 Å².